The summed E-state index contributed by atoms with van der Waals surface area (Å²) in [5.74, 6) is 1.77. The summed E-state index contributed by atoms with van der Waals surface area (Å²) < 4.78 is 13.4. The summed E-state index contributed by atoms with van der Waals surface area (Å²) in [6.45, 7) is 1.26. The molecule has 0 atom stereocenters. The Labute approximate surface area is 167 Å². The van der Waals surface area contributed by atoms with E-state index in [0.29, 0.717) is 13.2 Å². The van der Waals surface area contributed by atoms with Crippen LogP contribution in [0.5, 0.6) is 11.5 Å². The van der Waals surface area contributed by atoms with E-state index >= 15 is 0 Å². The number of benzene rings is 4. The Morgan fingerprint density at radius 3 is 1.96 bits per heavy atom. The molecular formula is C23H16BBrO2. The van der Waals surface area contributed by atoms with Gasteiger partial charge in [0.05, 0.1) is 13.2 Å². The molecule has 0 aliphatic carbocycles. The van der Waals surface area contributed by atoms with Gasteiger partial charge in [0.1, 0.15) is 19.3 Å². The van der Waals surface area contributed by atoms with Crippen molar-refractivity contribution in [2.24, 2.45) is 0 Å². The van der Waals surface area contributed by atoms with Crippen molar-refractivity contribution in [2.75, 3.05) is 13.2 Å². The molecule has 5 rings (SSSR count). The van der Waals surface area contributed by atoms with E-state index in [1.54, 1.807) is 0 Å². The lowest BCUT2D eigenvalue weighted by molar-refractivity contribution is 0.252. The second-order valence-corrected chi connectivity index (χ2v) is 7.69. The quantitative estimate of drug-likeness (QED) is 0.360. The van der Waals surface area contributed by atoms with E-state index < -0.39 is 0 Å². The fraction of sp³-hybridized carbons (Fsp3) is 0.130. The first-order chi connectivity index (χ1) is 13.2. The number of ether oxygens (including phenoxy) is 2. The second-order valence-electron chi connectivity index (χ2n) is 6.77. The number of rotatable bonds is 0. The summed E-state index contributed by atoms with van der Waals surface area (Å²) in [6.07, 6.45) is 0.844. The van der Waals surface area contributed by atoms with Crippen LogP contribution in [0.4, 0.5) is 0 Å². The number of hydrogen-bond donors (Lipinski definition) is 0. The van der Waals surface area contributed by atoms with Crippen molar-refractivity contribution in [3.63, 3.8) is 0 Å². The van der Waals surface area contributed by atoms with Crippen LogP contribution in [0.15, 0.2) is 65.1 Å². The SMILES string of the molecule is [B]c1ccc2c3c(ccc2c1)OCCCOc1ccc2cc(Br)ccc2c1-3. The van der Waals surface area contributed by atoms with Crippen LogP contribution < -0.4 is 14.9 Å². The molecule has 4 aromatic rings. The summed E-state index contributed by atoms with van der Waals surface area (Å²) in [5, 5.41) is 4.51. The Bertz CT molecular complexity index is 1090. The van der Waals surface area contributed by atoms with Gasteiger partial charge in [-0.05, 0) is 45.8 Å². The highest BCUT2D eigenvalue weighted by Gasteiger charge is 2.20. The Kier molecular flexibility index (Phi) is 4.09. The van der Waals surface area contributed by atoms with Crippen molar-refractivity contribution in [2.45, 2.75) is 6.42 Å². The Morgan fingerprint density at radius 2 is 1.30 bits per heavy atom. The largest absolute Gasteiger partial charge is 0.493 e. The first-order valence-electron chi connectivity index (χ1n) is 9.01. The van der Waals surface area contributed by atoms with E-state index in [4.69, 9.17) is 17.3 Å². The van der Waals surface area contributed by atoms with Gasteiger partial charge in [0.2, 0.25) is 0 Å². The average molecular weight is 415 g/mol. The van der Waals surface area contributed by atoms with Crippen molar-refractivity contribution in [1.29, 1.82) is 0 Å². The summed E-state index contributed by atoms with van der Waals surface area (Å²) >= 11 is 3.58. The highest BCUT2D eigenvalue weighted by Crippen LogP contribution is 2.46. The third kappa shape index (κ3) is 2.89. The molecule has 0 aromatic heterocycles. The molecule has 27 heavy (non-hydrogen) atoms. The molecule has 4 aromatic carbocycles. The molecule has 0 spiro atoms. The molecule has 2 nitrogen and oxygen atoms in total. The minimum Gasteiger partial charge on any atom is -0.493 e. The van der Waals surface area contributed by atoms with E-state index in [9.17, 15) is 0 Å². The molecule has 0 saturated carbocycles. The number of hydrogen-bond acceptors (Lipinski definition) is 2. The van der Waals surface area contributed by atoms with Gasteiger partial charge < -0.3 is 9.47 Å². The van der Waals surface area contributed by atoms with Gasteiger partial charge in [0, 0.05) is 22.0 Å². The predicted octanol–water partition coefficient (Wildman–Crippen LogP) is 5.38. The first-order valence-corrected chi connectivity index (χ1v) is 9.80. The lowest BCUT2D eigenvalue weighted by Crippen LogP contribution is -2.03. The van der Waals surface area contributed by atoms with Crippen LogP contribution in [0.1, 0.15) is 6.42 Å². The maximum atomic E-state index is 6.16. The highest BCUT2D eigenvalue weighted by atomic mass is 79.9. The molecule has 4 heteroatoms. The van der Waals surface area contributed by atoms with Gasteiger partial charge in [-0.2, -0.15) is 0 Å². The Balaban J connectivity index is 1.94. The van der Waals surface area contributed by atoms with Crippen LogP contribution in [-0.2, 0) is 0 Å². The molecule has 0 unspecified atom stereocenters. The van der Waals surface area contributed by atoms with Crippen LogP contribution in [0.3, 0.4) is 0 Å². The molecular weight excluding hydrogens is 399 g/mol. The van der Waals surface area contributed by atoms with E-state index in [-0.39, 0.29) is 0 Å². The molecule has 130 valence electrons. The minimum absolute atomic E-state index is 0.630. The van der Waals surface area contributed by atoms with Gasteiger partial charge in [-0.15, -0.1) is 0 Å². The normalized spacial score (nSPS) is 13.7. The molecule has 1 aliphatic heterocycles. The number of halogens is 1. The van der Waals surface area contributed by atoms with Crippen LogP contribution in [0.25, 0.3) is 32.7 Å². The molecule has 1 heterocycles. The second kappa shape index (κ2) is 6.61. The summed E-state index contributed by atoms with van der Waals surface area (Å²) in [5.41, 5.74) is 2.90. The van der Waals surface area contributed by atoms with Crippen molar-refractivity contribution in [1.82, 2.24) is 0 Å². The summed E-state index contributed by atoms with van der Waals surface area (Å²) in [6, 6.07) is 20.7. The van der Waals surface area contributed by atoms with Crippen molar-refractivity contribution in [3.05, 3.63) is 65.1 Å². The molecule has 0 bridgehead atoms. The van der Waals surface area contributed by atoms with Gasteiger partial charge in [0.15, 0.2) is 0 Å². The molecule has 0 N–H and O–H groups in total. The zero-order chi connectivity index (χ0) is 18.4. The average Bonchev–Trinajstić information content (AvgIpc) is 2.76. The Hall–Kier alpha value is -2.46. The Morgan fingerprint density at radius 1 is 0.704 bits per heavy atom. The lowest BCUT2D eigenvalue weighted by atomic mass is 9.88. The highest BCUT2D eigenvalue weighted by molar-refractivity contribution is 9.10. The molecule has 1 aliphatic rings. The maximum absolute atomic E-state index is 6.16. The standard InChI is InChI=1S/C23H16BBrO2/c24-16-4-6-18-14(12-16)2-8-20-22(18)23-19-7-5-17(25)13-15(19)3-9-21(23)27-11-1-10-26-20/h2-9,12-13H,1,10-11H2. The van der Waals surface area contributed by atoms with Crippen LogP contribution in [0, 0.1) is 0 Å². The van der Waals surface area contributed by atoms with Gasteiger partial charge in [-0.1, -0.05) is 57.8 Å². The predicted molar refractivity (Wildman–Crippen MR) is 116 cm³/mol. The maximum Gasteiger partial charge on any atom is 0.127 e. The van der Waals surface area contributed by atoms with E-state index in [0.717, 1.165) is 60.5 Å². The van der Waals surface area contributed by atoms with Gasteiger partial charge >= 0.3 is 0 Å². The molecule has 0 amide bonds. The fourth-order valence-electron chi connectivity index (χ4n) is 3.79. The van der Waals surface area contributed by atoms with Gasteiger partial charge in [-0.3, -0.25) is 0 Å². The third-order valence-corrected chi connectivity index (χ3v) is 5.50. The third-order valence-electron chi connectivity index (χ3n) is 5.00. The van der Waals surface area contributed by atoms with E-state index in [1.807, 2.05) is 18.2 Å². The van der Waals surface area contributed by atoms with Crippen molar-refractivity contribution >= 4 is 50.8 Å². The lowest BCUT2D eigenvalue weighted by Gasteiger charge is -2.18. The zero-order valence-electron chi connectivity index (χ0n) is 14.7. The minimum atomic E-state index is 0.630. The van der Waals surface area contributed by atoms with Gasteiger partial charge in [-0.25, -0.2) is 0 Å². The summed E-state index contributed by atoms with van der Waals surface area (Å²) in [7, 11) is 6.02. The topological polar surface area (TPSA) is 18.5 Å². The zero-order valence-corrected chi connectivity index (χ0v) is 16.3. The van der Waals surface area contributed by atoms with E-state index in [1.165, 1.54) is 0 Å². The van der Waals surface area contributed by atoms with Crippen LogP contribution >= 0.6 is 15.9 Å². The fourth-order valence-corrected chi connectivity index (χ4v) is 4.17. The molecule has 2 radical (unpaired) electrons. The van der Waals surface area contributed by atoms with Gasteiger partial charge in [0.25, 0.3) is 0 Å². The number of fused-ring (bicyclic) bond motifs is 7. The summed E-state index contributed by atoms with van der Waals surface area (Å²) in [4.78, 5) is 0. The molecule has 0 saturated heterocycles. The molecule has 0 fully saturated rings. The smallest absolute Gasteiger partial charge is 0.127 e. The van der Waals surface area contributed by atoms with E-state index in [2.05, 4.69) is 58.4 Å². The first kappa shape index (κ1) is 16.7. The monoisotopic (exact) mass is 414 g/mol. The van der Waals surface area contributed by atoms with Crippen LogP contribution in [-0.4, -0.2) is 21.1 Å². The van der Waals surface area contributed by atoms with Crippen molar-refractivity contribution < 1.29 is 9.47 Å². The van der Waals surface area contributed by atoms with Crippen molar-refractivity contribution in [3.8, 4) is 22.6 Å². The van der Waals surface area contributed by atoms with Crippen LogP contribution in [0.2, 0.25) is 0 Å².